The van der Waals surface area contributed by atoms with Crippen LogP contribution in [-0.2, 0) is 6.42 Å². The summed E-state index contributed by atoms with van der Waals surface area (Å²) in [6.07, 6.45) is 3.87. The van der Waals surface area contributed by atoms with Crippen molar-refractivity contribution < 1.29 is 0 Å². The Morgan fingerprint density at radius 3 is 2.11 bits per heavy atom. The minimum atomic E-state index is 0.738. The summed E-state index contributed by atoms with van der Waals surface area (Å²) >= 11 is 0. The number of nitrogens with one attached hydrogen (secondary N) is 1. The molecule has 1 N–H and O–H groups in total. The van der Waals surface area contributed by atoms with Gasteiger partial charge in [-0.05, 0) is 49.2 Å². The zero-order valence-corrected chi connectivity index (χ0v) is 13.2. The molecule has 108 valence electrons. The summed E-state index contributed by atoms with van der Waals surface area (Å²) in [6.45, 7) is 11.5. The maximum Gasteiger partial charge on any atom is -0.00172 e. The summed E-state index contributed by atoms with van der Waals surface area (Å²) in [5.41, 5.74) is 1.47. The molecule has 0 aliphatic carbocycles. The lowest BCUT2D eigenvalue weighted by atomic mass is 9.91. The van der Waals surface area contributed by atoms with Crippen molar-refractivity contribution >= 4 is 0 Å². The maximum absolute atomic E-state index is 3.63. The van der Waals surface area contributed by atoms with Gasteiger partial charge in [0.1, 0.15) is 0 Å². The number of rotatable bonds is 9. The maximum atomic E-state index is 3.63. The minimum absolute atomic E-state index is 0.738. The molecule has 0 saturated heterocycles. The van der Waals surface area contributed by atoms with Crippen LogP contribution in [0.4, 0.5) is 0 Å². The van der Waals surface area contributed by atoms with Gasteiger partial charge in [0.2, 0.25) is 0 Å². The largest absolute Gasteiger partial charge is 0.316 e. The van der Waals surface area contributed by atoms with Crippen molar-refractivity contribution in [3.05, 3.63) is 35.9 Å². The molecule has 0 bridgehead atoms. The second-order valence-electron chi connectivity index (χ2n) is 6.58. The molecular formula is C18H31N. The highest BCUT2D eigenvalue weighted by Gasteiger charge is 2.10. The van der Waals surface area contributed by atoms with Gasteiger partial charge in [0.15, 0.2) is 0 Å². The molecule has 0 radical (unpaired) electrons. The van der Waals surface area contributed by atoms with E-state index in [-0.39, 0.29) is 0 Å². The van der Waals surface area contributed by atoms with Gasteiger partial charge in [-0.15, -0.1) is 0 Å². The van der Waals surface area contributed by atoms with Crippen molar-refractivity contribution in [2.45, 2.75) is 47.0 Å². The van der Waals surface area contributed by atoms with Gasteiger partial charge in [-0.2, -0.15) is 0 Å². The first-order valence-corrected chi connectivity index (χ1v) is 7.82. The first-order chi connectivity index (χ1) is 9.08. The highest BCUT2D eigenvalue weighted by Crippen LogP contribution is 2.17. The van der Waals surface area contributed by atoms with Gasteiger partial charge >= 0.3 is 0 Å². The molecule has 0 aliphatic heterocycles. The lowest BCUT2D eigenvalue weighted by Crippen LogP contribution is -2.27. The van der Waals surface area contributed by atoms with Crippen molar-refractivity contribution in [3.8, 4) is 0 Å². The third kappa shape index (κ3) is 8.05. The fraction of sp³-hybridized carbons (Fsp3) is 0.667. The smallest absolute Gasteiger partial charge is 0.00172 e. The summed E-state index contributed by atoms with van der Waals surface area (Å²) in [4.78, 5) is 0. The quantitative estimate of drug-likeness (QED) is 0.689. The van der Waals surface area contributed by atoms with E-state index < -0.39 is 0 Å². The van der Waals surface area contributed by atoms with E-state index in [0.717, 1.165) is 30.8 Å². The summed E-state index contributed by atoms with van der Waals surface area (Å²) < 4.78 is 0. The van der Waals surface area contributed by atoms with Crippen molar-refractivity contribution in [1.29, 1.82) is 0 Å². The molecule has 1 atom stereocenters. The minimum Gasteiger partial charge on any atom is -0.316 e. The fourth-order valence-corrected chi connectivity index (χ4v) is 2.37. The van der Waals surface area contributed by atoms with E-state index >= 15 is 0 Å². The second kappa shape index (κ2) is 9.14. The lowest BCUT2D eigenvalue weighted by molar-refractivity contribution is 0.389. The SMILES string of the molecule is CC(C)CCC(CNCC(C)C)Cc1ccccc1. The van der Waals surface area contributed by atoms with Crippen molar-refractivity contribution in [1.82, 2.24) is 5.32 Å². The third-order valence-electron chi connectivity index (χ3n) is 3.51. The zero-order chi connectivity index (χ0) is 14.1. The van der Waals surface area contributed by atoms with E-state index in [9.17, 15) is 0 Å². The number of hydrogen-bond acceptors (Lipinski definition) is 1. The van der Waals surface area contributed by atoms with Gasteiger partial charge in [-0.1, -0.05) is 64.4 Å². The van der Waals surface area contributed by atoms with Crippen LogP contribution in [0.15, 0.2) is 30.3 Å². The van der Waals surface area contributed by atoms with Crippen LogP contribution in [-0.4, -0.2) is 13.1 Å². The molecule has 1 unspecified atom stereocenters. The Bertz CT molecular complexity index is 316. The van der Waals surface area contributed by atoms with Crippen molar-refractivity contribution in [2.24, 2.45) is 17.8 Å². The van der Waals surface area contributed by atoms with Crippen molar-refractivity contribution in [3.63, 3.8) is 0 Å². The highest BCUT2D eigenvalue weighted by atomic mass is 14.9. The van der Waals surface area contributed by atoms with E-state index in [1.165, 1.54) is 24.8 Å². The molecule has 0 saturated carbocycles. The normalized spacial score (nSPS) is 13.2. The second-order valence-corrected chi connectivity index (χ2v) is 6.58. The Morgan fingerprint density at radius 1 is 0.842 bits per heavy atom. The number of benzene rings is 1. The molecule has 1 aromatic rings. The van der Waals surface area contributed by atoms with E-state index in [0.29, 0.717) is 0 Å². The van der Waals surface area contributed by atoms with Crippen LogP contribution in [0.25, 0.3) is 0 Å². The molecule has 0 amide bonds. The average Bonchev–Trinajstić information content (AvgIpc) is 2.36. The number of hydrogen-bond donors (Lipinski definition) is 1. The van der Waals surface area contributed by atoms with Gasteiger partial charge in [0, 0.05) is 0 Å². The van der Waals surface area contributed by atoms with Crippen LogP contribution >= 0.6 is 0 Å². The highest BCUT2D eigenvalue weighted by molar-refractivity contribution is 5.15. The van der Waals surface area contributed by atoms with Gasteiger partial charge < -0.3 is 5.32 Å². The molecule has 0 heterocycles. The molecule has 1 rings (SSSR count). The van der Waals surface area contributed by atoms with Crippen LogP contribution < -0.4 is 5.32 Å². The van der Waals surface area contributed by atoms with Crippen LogP contribution in [0.2, 0.25) is 0 Å². The summed E-state index contributed by atoms with van der Waals surface area (Å²) in [6, 6.07) is 10.9. The molecule has 1 heteroatoms. The van der Waals surface area contributed by atoms with E-state index in [1.54, 1.807) is 0 Å². The molecule has 0 spiro atoms. The Kier molecular flexibility index (Phi) is 7.81. The van der Waals surface area contributed by atoms with Crippen LogP contribution in [0.1, 0.15) is 46.1 Å². The first kappa shape index (κ1) is 16.2. The van der Waals surface area contributed by atoms with Gasteiger partial charge in [-0.25, -0.2) is 0 Å². The average molecular weight is 261 g/mol. The van der Waals surface area contributed by atoms with Gasteiger partial charge in [0.25, 0.3) is 0 Å². The molecule has 1 nitrogen and oxygen atoms in total. The van der Waals surface area contributed by atoms with Gasteiger partial charge in [-0.3, -0.25) is 0 Å². The molecule has 19 heavy (non-hydrogen) atoms. The molecule has 0 aromatic heterocycles. The van der Waals surface area contributed by atoms with Crippen LogP contribution in [0.3, 0.4) is 0 Å². The monoisotopic (exact) mass is 261 g/mol. The zero-order valence-electron chi connectivity index (χ0n) is 13.2. The lowest BCUT2D eigenvalue weighted by Gasteiger charge is -2.19. The first-order valence-electron chi connectivity index (χ1n) is 7.82. The Balaban J connectivity index is 2.43. The summed E-state index contributed by atoms with van der Waals surface area (Å²) in [7, 11) is 0. The Hall–Kier alpha value is -0.820. The van der Waals surface area contributed by atoms with Crippen molar-refractivity contribution in [2.75, 3.05) is 13.1 Å². The molecule has 1 aromatic carbocycles. The Labute approximate surface area is 119 Å². The van der Waals surface area contributed by atoms with E-state index in [4.69, 9.17) is 0 Å². The summed E-state index contributed by atoms with van der Waals surface area (Å²) in [5.74, 6) is 2.31. The molecule has 0 aliphatic rings. The topological polar surface area (TPSA) is 12.0 Å². The fourth-order valence-electron chi connectivity index (χ4n) is 2.37. The standard InChI is InChI=1S/C18H31N/c1-15(2)10-11-18(14-19-13-16(3)4)12-17-8-6-5-7-9-17/h5-9,15-16,18-19H,10-14H2,1-4H3. The van der Waals surface area contributed by atoms with Crippen LogP contribution in [0.5, 0.6) is 0 Å². The van der Waals surface area contributed by atoms with Crippen LogP contribution in [0, 0.1) is 17.8 Å². The predicted molar refractivity (Wildman–Crippen MR) is 85.4 cm³/mol. The third-order valence-corrected chi connectivity index (χ3v) is 3.51. The van der Waals surface area contributed by atoms with E-state index in [2.05, 4.69) is 63.3 Å². The molecular weight excluding hydrogens is 230 g/mol. The predicted octanol–water partition coefficient (Wildman–Crippen LogP) is 4.53. The molecule has 0 fully saturated rings. The Morgan fingerprint density at radius 2 is 1.53 bits per heavy atom. The summed E-state index contributed by atoms with van der Waals surface area (Å²) in [5, 5.41) is 3.63. The van der Waals surface area contributed by atoms with E-state index in [1.807, 2.05) is 0 Å². The van der Waals surface area contributed by atoms with Gasteiger partial charge in [0.05, 0.1) is 0 Å².